The van der Waals surface area contributed by atoms with Gasteiger partial charge < -0.3 is 10.6 Å². The third kappa shape index (κ3) is 4.58. The number of rotatable bonds is 4. The van der Waals surface area contributed by atoms with E-state index in [0.29, 0.717) is 6.54 Å². The van der Waals surface area contributed by atoms with E-state index in [0.717, 1.165) is 44.6 Å². The number of nitrogens with zero attached hydrogens (tertiary/aromatic N) is 1. The predicted octanol–water partition coefficient (Wildman–Crippen LogP) is 3.74. The maximum Gasteiger partial charge on any atom is 0.241 e. The minimum atomic E-state index is -0.470. The lowest BCUT2D eigenvalue weighted by molar-refractivity contribution is -0.134. The molecular weight excluding hydrogens is 429 g/mol. The highest BCUT2D eigenvalue weighted by Gasteiger charge is 2.48. The number of carbonyl (C=O) groups is 1. The Bertz CT molecular complexity index is 1020. The summed E-state index contributed by atoms with van der Waals surface area (Å²) in [7, 11) is 0. The van der Waals surface area contributed by atoms with E-state index in [1.807, 2.05) is 0 Å². The Kier molecular flexibility index (Phi) is 7.60. The van der Waals surface area contributed by atoms with Crippen molar-refractivity contribution >= 4 is 41.5 Å². The molecule has 1 aliphatic carbocycles. The Morgan fingerprint density at radius 3 is 2.16 bits per heavy atom. The molecular formula is C25H29Cl2N3O. The SMILES string of the molecule is Cl.Cl.O=C(NCc1ccc2ccccc2c1)C1(N2CCNCC2)Cc2ccccc2C1. The molecule has 31 heavy (non-hydrogen) atoms. The number of amides is 1. The fourth-order valence-corrected chi connectivity index (χ4v) is 4.91. The molecule has 4 nitrogen and oxygen atoms in total. The van der Waals surface area contributed by atoms with Gasteiger partial charge in [-0.1, -0.05) is 60.7 Å². The summed E-state index contributed by atoms with van der Waals surface area (Å²) < 4.78 is 0. The monoisotopic (exact) mass is 457 g/mol. The maximum atomic E-state index is 13.6. The van der Waals surface area contributed by atoms with Crippen LogP contribution >= 0.6 is 24.8 Å². The number of halogens is 2. The molecule has 5 rings (SSSR count). The number of piperazine rings is 1. The zero-order chi connectivity index (χ0) is 19.7. The third-order valence-corrected chi connectivity index (χ3v) is 6.50. The highest BCUT2D eigenvalue weighted by atomic mass is 35.5. The smallest absolute Gasteiger partial charge is 0.241 e. The standard InChI is InChI=1S/C25H27N3O.2ClH/c29-24(27-18-19-9-10-20-5-1-2-6-21(20)15-19)25(28-13-11-26-12-14-28)16-22-7-3-4-8-23(22)17-25;;/h1-10,15,26H,11-14,16-18H2,(H,27,29);2*1H. The zero-order valence-electron chi connectivity index (χ0n) is 17.5. The quantitative estimate of drug-likeness (QED) is 0.626. The molecule has 1 amide bonds. The van der Waals surface area contributed by atoms with Crippen LogP contribution in [0.2, 0.25) is 0 Å². The van der Waals surface area contributed by atoms with E-state index >= 15 is 0 Å². The number of carbonyl (C=O) groups excluding carboxylic acids is 1. The Balaban J connectivity index is 0.00000136. The number of benzene rings is 3. The van der Waals surface area contributed by atoms with Crippen molar-refractivity contribution in [3.8, 4) is 0 Å². The summed E-state index contributed by atoms with van der Waals surface area (Å²) in [6.07, 6.45) is 1.60. The third-order valence-electron chi connectivity index (χ3n) is 6.50. The van der Waals surface area contributed by atoms with Gasteiger partial charge in [0.05, 0.1) is 0 Å². The van der Waals surface area contributed by atoms with E-state index in [1.54, 1.807) is 0 Å². The lowest BCUT2D eigenvalue weighted by atomic mass is 9.91. The van der Waals surface area contributed by atoms with Crippen LogP contribution in [-0.4, -0.2) is 42.5 Å². The van der Waals surface area contributed by atoms with E-state index in [2.05, 4.69) is 82.3 Å². The van der Waals surface area contributed by atoms with Gasteiger partial charge in [0.2, 0.25) is 5.91 Å². The second-order valence-corrected chi connectivity index (χ2v) is 8.26. The first kappa shape index (κ1) is 23.6. The summed E-state index contributed by atoms with van der Waals surface area (Å²) >= 11 is 0. The molecule has 1 fully saturated rings. The average Bonchev–Trinajstić information content (AvgIpc) is 3.19. The van der Waals surface area contributed by atoms with Crippen molar-refractivity contribution in [2.75, 3.05) is 26.2 Å². The van der Waals surface area contributed by atoms with Gasteiger partial charge >= 0.3 is 0 Å². The van der Waals surface area contributed by atoms with Crippen LogP contribution in [0.3, 0.4) is 0 Å². The largest absolute Gasteiger partial charge is 0.350 e. The summed E-state index contributed by atoms with van der Waals surface area (Å²) in [5, 5.41) is 9.13. The van der Waals surface area contributed by atoms with Gasteiger partial charge in [0.25, 0.3) is 0 Å². The number of hydrogen-bond acceptors (Lipinski definition) is 3. The molecule has 0 spiro atoms. The summed E-state index contributed by atoms with van der Waals surface area (Å²) in [6.45, 7) is 4.27. The van der Waals surface area contributed by atoms with Gasteiger partial charge in [-0.2, -0.15) is 0 Å². The Labute approximate surface area is 196 Å². The fraction of sp³-hybridized carbons (Fsp3) is 0.320. The molecule has 164 valence electrons. The molecule has 1 saturated heterocycles. The second-order valence-electron chi connectivity index (χ2n) is 8.26. The number of fused-ring (bicyclic) bond motifs is 2. The molecule has 2 aliphatic rings. The van der Waals surface area contributed by atoms with Crippen LogP contribution in [0.15, 0.2) is 66.7 Å². The van der Waals surface area contributed by atoms with Crippen LogP contribution in [0.4, 0.5) is 0 Å². The van der Waals surface area contributed by atoms with E-state index in [-0.39, 0.29) is 30.7 Å². The number of nitrogens with one attached hydrogen (secondary N) is 2. The van der Waals surface area contributed by atoms with Crippen LogP contribution in [0.25, 0.3) is 10.8 Å². The van der Waals surface area contributed by atoms with Crippen molar-refractivity contribution in [3.05, 3.63) is 83.4 Å². The molecule has 1 aliphatic heterocycles. The van der Waals surface area contributed by atoms with Crippen LogP contribution < -0.4 is 10.6 Å². The Hall–Kier alpha value is -2.11. The molecule has 0 atom stereocenters. The summed E-state index contributed by atoms with van der Waals surface area (Å²) in [6, 6.07) is 23.3. The van der Waals surface area contributed by atoms with Crippen molar-refractivity contribution in [1.29, 1.82) is 0 Å². The summed E-state index contributed by atoms with van der Waals surface area (Å²) in [4.78, 5) is 16.0. The first-order valence-electron chi connectivity index (χ1n) is 10.5. The van der Waals surface area contributed by atoms with E-state index in [1.165, 1.54) is 21.9 Å². The molecule has 0 bridgehead atoms. The van der Waals surface area contributed by atoms with Crippen LogP contribution in [0, 0.1) is 0 Å². The molecule has 0 unspecified atom stereocenters. The molecule has 2 N–H and O–H groups in total. The van der Waals surface area contributed by atoms with E-state index < -0.39 is 5.54 Å². The highest BCUT2D eigenvalue weighted by molar-refractivity contribution is 5.88. The summed E-state index contributed by atoms with van der Waals surface area (Å²) in [5.41, 5.74) is 3.30. The lowest BCUT2D eigenvalue weighted by Crippen LogP contribution is -2.63. The molecule has 0 radical (unpaired) electrons. The van der Waals surface area contributed by atoms with Crippen LogP contribution in [-0.2, 0) is 24.2 Å². The molecule has 1 heterocycles. The Morgan fingerprint density at radius 1 is 0.871 bits per heavy atom. The van der Waals surface area contributed by atoms with Gasteiger partial charge in [0.1, 0.15) is 5.54 Å². The van der Waals surface area contributed by atoms with Gasteiger partial charge in [-0.15, -0.1) is 24.8 Å². The average molecular weight is 458 g/mol. The van der Waals surface area contributed by atoms with Crippen LogP contribution in [0.1, 0.15) is 16.7 Å². The van der Waals surface area contributed by atoms with Gasteiger partial charge in [-0.3, -0.25) is 9.69 Å². The van der Waals surface area contributed by atoms with Gasteiger partial charge in [0, 0.05) is 45.6 Å². The van der Waals surface area contributed by atoms with Crippen LogP contribution in [0.5, 0.6) is 0 Å². The summed E-state index contributed by atoms with van der Waals surface area (Å²) in [5.74, 6) is 0.156. The van der Waals surface area contributed by atoms with Crippen molar-refractivity contribution in [1.82, 2.24) is 15.5 Å². The molecule has 0 aromatic heterocycles. The molecule has 3 aromatic rings. The minimum absolute atomic E-state index is 0. The second kappa shape index (κ2) is 10.0. The van der Waals surface area contributed by atoms with Gasteiger partial charge in [0.15, 0.2) is 0 Å². The molecule has 3 aromatic carbocycles. The maximum absolute atomic E-state index is 13.6. The topological polar surface area (TPSA) is 44.4 Å². The molecule has 0 saturated carbocycles. The Morgan fingerprint density at radius 2 is 1.48 bits per heavy atom. The first-order valence-corrected chi connectivity index (χ1v) is 10.5. The van der Waals surface area contributed by atoms with Crippen molar-refractivity contribution in [2.45, 2.75) is 24.9 Å². The normalized spacial score (nSPS) is 17.3. The van der Waals surface area contributed by atoms with E-state index in [4.69, 9.17) is 0 Å². The predicted molar refractivity (Wildman–Crippen MR) is 131 cm³/mol. The molecule has 6 heteroatoms. The first-order chi connectivity index (χ1) is 14.2. The minimum Gasteiger partial charge on any atom is -0.350 e. The van der Waals surface area contributed by atoms with Crippen molar-refractivity contribution in [3.63, 3.8) is 0 Å². The zero-order valence-corrected chi connectivity index (χ0v) is 19.1. The van der Waals surface area contributed by atoms with Crippen molar-refractivity contribution in [2.24, 2.45) is 0 Å². The van der Waals surface area contributed by atoms with Gasteiger partial charge in [-0.05, 0) is 33.5 Å². The van der Waals surface area contributed by atoms with E-state index in [9.17, 15) is 4.79 Å². The fourth-order valence-electron chi connectivity index (χ4n) is 4.91. The number of hydrogen-bond donors (Lipinski definition) is 2. The lowest BCUT2D eigenvalue weighted by Gasteiger charge is -2.42. The van der Waals surface area contributed by atoms with Gasteiger partial charge in [-0.25, -0.2) is 0 Å². The highest BCUT2D eigenvalue weighted by Crippen LogP contribution is 2.35. The van der Waals surface area contributed by atoms with Crippen molar-refractivity contribution < 1.29 is 4.79 Å².